The second-order valence-corrected chi connectivity index (χ2v) is 8.67. The fraction of sp³-hybridized carbons (Fsp3) is 0.900. The van der Waals surface area contributed by atoms with Crippen molar-refractivity contribution in [2.24, 2.45) is 34.8 Å². The molecule has 1 fully saturated rings. The molecule has 2 N–H and O–H groups in total. The quantitative estimate of drug-likeness (QED) is 0.669. The molecule has 3 atom stereocenters. The molecule has 22 heavy (non-hydrogen) atoms. The Hall–Kier alpha value is -0.340. The first kappa shape index (κ1) is 19.7. The molecule has 0 saturated heterocycles. The van der Waals surface area contributed by atoms with Crippen LogP contribution in [0.25, 0.3) is 0 Å². The Labute approximate surface area is 138 Å². The van der Waals surface area contributed by atoms with E-state index >= 15 is 0 Å². The van der Waals surface area contributed by atoms with E-state index in [0.717, 1.165) is 5.92 Å². The van der Waals surface area contributed by atoms with E-state index in [2.05, 4.69) is 54.2 Å². The van der Waals surface area contributed by atoms with Crippen LogP contribution in [-0.4, -0.2) is 18.8 Å². The lowest BCUT2D eigenvalue weighted by Gasteiger charge is -2.39. The Kier molecular flexibility index (Phi) is 7.61. The van der Waals surface area contributed by atoms with E-state index in [1.54, 1.807) is 0 Å². The Morgan fingerprint density at radius 1 is 1.14 bits per heavy atom. The van der Waals surface area contributed by atoms with Crippen molar-refractivity contribution in [3.8, 4) is 0 Å². The lowest BCUT2D eigenvalue weighted by molar-refractivity contribution is -0.0668. The van der Waals surface area contributed by atoms with E-state index in [1.807, 2.05) is 0 Å². The van der Waals surface area contributed by atoms with Gasteiger partial charge in [0.1, 0.15) is 0 Å². The van der Waals surface area contributed by atoms with Crippen LogP contribution >= 0.6 is 0 Å². The molecule has 2 unspecified atom stereocenters. The van der Waals surface area contributed by atoms with Crippen LogP contribution in [-0.2, 0) is 4.74 Å². The van der Waals surface area contributed by atoms with Gasteiger partial charge in [-0.2, -0.15) is 0 Å². The molecule has 0 bridgehead atoms. The van der Waals surface area contributed by atoms with E-state index in [1.165, 1.54) is 25.7 Å². The van der Waals surface area contributed by atoms with Gasteiger partial charge in [0.05, 0.1) is 12.2 Å². The first-order valence-electron chi connectivity index (χ1n) is 9.18. The van der Waals surface area contributed by atoms with Gasteiger partial charge in [0.15, 0.2) is 0 Å². The highest BCUT2D eigenvalue weighted by molar-refractivity contribution is 4.91. The third kappa shape index (κ3) is 5.38. The predicted octanol–water partition coefficient (Wildman–Crippen LogP) is 5.03. The molecule has 0 radical (unpaired) electrons. The molecule has 0 aliphatic heterocycles. The van der Waals surface area contributed by atoms with Crippen LogP contribution in [0.15, 0.2) is 12.7 Å². The minimum atomic E-state index is 0.117. The van der Waals surface area contributed by atoms with Crippen molar-refractivity contribution in [1.29, 1.82) is 0 Å². The fourth-order valence-corrected chi connectivity index (χ4v) is 3.76. The zero-order valence-corrected chi connectivity index (χ0v) is 15.8. The topological polar surface area (TPSA) is 35.2 Å². The Bertz CT molecular complexity index is 323. The van der Waals surface area contributed by atoms with Gasteiger partial charge in [-0.05, 0) is 48.9 Å². The van der Waals surface area contributed by atoms with E-state index in [4.69, 9.17) is 10.5 Å². The molecule has 0 aromatic heterocycles. The van der Waals surface area contributed by atoms with Crippen LogP contribution in [0.4, 0.5) is 0 Å². The molecule has 1 aliphatic rings. The normalized spacial score (nSPS) is 27.5. The summed E-state index contributed by atoms with van der Waals surface area (Å²) in [5, 5.41) is 0. The summed E-state index contributed by atoms with van der Waals surface area (Å²) in [5.74, 6) is 2.35. The summed E-state index contributed by atoms with van der Waals surface area (Å²) >= 11 is 0. The van der Waals surface area contributed by atoms with Crippen LogP contribution in [0, 0.1) is 29.1 Å². The van der Waals surface area contributed by atoms with Crippen LogP contribution in [0.1, 0.15) is 67.2 Å². The van der Waals surface area contributed by atoms with E-state index in [-0.39, 0.29) is 6.10 Å². The molecule has 0 amide bonds. The second-order valence-electron chi connectivity index (χ2n) is 8.67. The maximum Gasteiger partial charge on any atom is 0.0766 e. The molecular formula is C20H39NO. The van der Waals surface area contributed by atoms with Crippen molar-refractivity contribution in [3.63, 3.8) is 0 Å². The highest BCUT2D eigenvalue weighted by Crippen LogP contribution is 2.39. The molecule has 2 nitrogen and oxygen atoms in total. The fourth-order valence-electron chi connectivity index (χ4n) is 3.76. The minimum absolute atomic E-state index is 0.117. The molecule has 1 rings (SSSR count). The maximum absolute atomic E-state index is 6.43. The molecule has 0 spiro atoms. The number of hydrogen-bond acceptors (Lipinski definition) is 2. The van der Waals surface area contributed by atoms with Crippen molar-refractivity contribution in [2.45, 2.75) is 79.4 Å². The lowest BCUT2D eigenvalue weighted by Crippen LogP contribution is -2.40. The van der Waals surface area contributed by atoms with Crippen LogP contribution in [0.3, 0.4) is 0 Å². The highest BCUT2D eigenvalue weighted by atomic mass is 16.5. The SMILES string of the molecule is C=C[C@@H](C(CN)O[C@H]1CC[C@H](C(C)(C)C)CC1)C(C)C(C)C. The smallest absolute Gasteiger partial charge is 0.0766 e. The molecule has 130 valence electrons. The number of hydrogen-bond donors (Lipinski definition) is 1. The number of ether oxygens (including phenoxy) is 1. The van der Waals surface area contributed by atoms with Gasteiger partial charge in [0.25, 0.3) is 0 Å². The van der Waals surface area contributed by atoms with Gasteiger partial charge < -0.3 is 10.5 Å². The Morgan fingerprint density at radius 3 is 2.05 bits per heavy atom. The Balaban J connectivity index is 2.58. The van der Waals surface area contributed by atoms with Crippen LogP contribution in [0.5, 0.6) is 0 Å². The van der Waals surface area contributed by atoms with Gasteiger partial charge in [-0.1, -0.05) is 47.6 Å². The van der Waals surface area contributed by atoms with Crippen molar-refractivity contribution >= 4 is 0 Å². The summed E-state index contributed by atoms with van der Waals surface area (Å²) < 4.78 is 6.43. The third-order valence-corrected chi connectivity index (χ3v) is 5.86. The summed E-state index contributed by atoms with van der Waals surface area (Å²) in [5.41, 5.74) is 6.45. The average Bonchev–Trinajstić information content (AvgIpc) is 2.46. The summed E-state index contributed by atoms with van der Waals surface area (Å²) in [6, 6.07) is 0. The standard InChI is InChI=1S/C20H39NO/c1-8-18(15(4)14(2)3)19(13-21)22-17-11-9-16(10-12-17)20(5,6)7/h8,14-19H,1,9-13,21H2,2-7H3/t15?,16-,17-,18-,19?/m1/s1. The molecule has 1 aliphatic carbocycles. The lowest BCUT2D eigenvalue weighted by atomic mass is 9.72. The summed E-state index contributed by atoms with van der Waals surface area (Å²) in [7, 11) is 0. The first-order valence-corrected chi connectivity index (χ1v) is 9.18. The van der Waals surface area contributed by atoms with E-state index in [9.17, 15) is 0 Å². The number of rotatable bonds is 7. The van der Waals surface area contributed by atoms with Gasteiger partial charge in [-0.3, -0.25) is 0 Å². The summed E-state index contributed by atoms with van der Waals surface area (Å²) in [6.45, 7) is 18.5. The molecule has 2 heteroatoms. The Morgan fingerprint density at radius 2 is 1.68 bits per heavy atom. The monoisotopic (exact) mass is 309 g/mol. The van der Waals surface area contributed by atoms with Gasteiger partial charge in [0, 0.05) is 12.5 Å². The largest absolute Gasteiger partial charge is 0.373 e. The van der Waals surface area contributed by atoms with Crippen molar-refractivity contribution in [1.82, 2.24) is 0 Å². The number of nitrogens with two attached hydrogens (primary N) is 1. The van der Waals surface area contributed by atoms with Gasteiger partial charge >= 0.3 is 0 Å². The minimum Gasteiger partial charge on any atom is -0.373 e. The van der Waals surface area contributed by atoms with Crippen molar-refractivity contribution in [3.05, 3.63) is 12.7 Å². The maximum atomic E-state index is 6.43. The molecule has 0 heterocycles. The van der Waals surface area contributed by atoms with Crippen molar-refractivity contribution < 1.29 is 4.74 Å². The summed E-state index contributed by atoms with van der Waals surface area (Å²) in [6.07, 6.45) is 7.48. The average molecular weight is 310 g/mol. The van der Waals surface area contributed by atoms with Crippen molar-refractivity contribution in [2.75, 3.05) is 6.54 Å². The van der Waals surface area contributed by atoms with Gasteiger partial charge in [0.2, 0.25) is 0 Å². The molecule has 0 aromatic rings. The van der Waals surface area contributed by atoms with Crippen LogP contribution in [0.2, 0.25) is 0 Å². The highest BCUT2D eigenvalue weighted by Gasteiger charge is 2.33. The second kappa shape index (κ2) is 8.49. The summed E-state index contributed by atoms with van der Waals surface area (Å²) in [4.78, 5) is 0. The predicted molar refractivity (Wildman–Crippen MR) is 96.8 cm³/mol. The van der Waals surface area contributed by atoms with Gasteiger partial charge in [-0.15, -0.1) is 6.58 Å². The van der Waals surface area contributed by atoms with E-state index < -0.39 is 0 Å². The van der Waals surface area contributed by atoms with Gasteiger partial charge in [-0.25, -0.2) is 0 Å². The molecule has 0 aromatic carbocycles. The van der Waals surface area contributed by atoms with E-state index in [0.29, 0.717) is 35.8 Å². The zero-order valence-electron chi connectivity index (χ0n) is 15.8. The van der Waals surface area contributed by atoms with Crippen LogP contribution < -0.4 is 5.73 Å². The zero-order chi connectivity index (χ0) is 16.9. The molecular weight excluding hydrogens is 270 g/mol. The third-order valence-electron chi connectivity index (χ3n) is 5.86. The molecule has 1 saturated carbocycles. The first-order chi connectivity index (χ1) is 10.2.